The highest BCUT2D eigenvalue weighted by molar-refractivity contribution is 5.61. The Morgan fingerprint density at radius 3 is 2.04 bits per heavy atom. The van der Waals surface area contributed by atoms with Crippen molar-refractivity contribution >= 4 is 12.3 Å². The lowest BCUT2D eigenvalue weighted by Crippen LogP contribution is -2.38. The van der Waals surface area contributed by atoms with Gasteiger partial charge in [-0.1, -0.05) is 47.0 Å². The van der Waals surface area contributed by atoms with Crippen LogP contribution >= 0.6 is 0 Å². The Labute approximate surface area is 170 Å². The molecule has 0 amide bonds. The first-order chi connectivity index (χ1) is 13.5. The number of carbonyl (C=O) groups excluding carboxylic acids is 2. The van der Waals surface area contributed by atoms with Crippen molar-refractivity contribution in [2.45, 2.75) is 104 Å². The number of hydrogen-bond donors (Lipinski definition) is 0. The van der Waals surface area contributed by atoms with E-state index in [4.69, 9.17) is 18.9 Å². The van der Waals surface area contributed by atoms with E-state index in [0.29, 0.717) is 37.9 Å². The molecule has 0 heterocycles. The summed E-state index contributed by atoms with van der Waals surface area (Å²) in [5, 5.41) is 0. The largest absolute Gasteiger partial charge is 0.508 e. The molecule has 0 spiro atoms. The molecule has 6 heteroatoms. The van der Waals surface area contributed by atoms with E-state index in [1.165, 1.54) is 0 Å². The van der Waals surface area contributed by atoms with E-state index >= 15 is 0 Å². The summed E-state index contributed by atoms with van der Waals surface area (Å²) in [6.07, 6.45) is 7.09. The number of hydrogen-bond acceptors (Lipinski definition) is 6. The number of unbranched alkanes of at least 4 members (excludes halogenated alkanes) is 1. The number of ether oxygens (including phenoxy) is 4. The second-order valence-electron chi connectivity index (χ2n) is 8.21. The van der Waals surface area contributed by atoms with Crippen LogP contribution in [0.2, 0.25) is 0 Å². The van der Waals surface area contributed by atoms with E-state index in [-0.39, 0.29) is 0 Å². The summed E-state index contributed by atoms with van der Waals surface area (Å²) in [7, 11) is 0. The van der Waals surface area contributed by atoms with Gasteiger partial charge in [-0.3, -0.25) is 0 Å². The molecule has 0 aliphatic heterocycles. The van der Waals surface area contributed by atoms with Crippen LogP contribution in [0.15, 0.2) is 0 Å². The Morgan fingerprint density at radius 2 is 1.50 bits per heavy atom. The summed E-state index contributed by atoms with van der Waals surface area (Å²) in [5.41, 5.74) is 0. The van der Waals surface area contributed by atoms with Crippen molar-refractivity contribution in [3.63, 3.8) is 0 Å². The van der Waals surface area contributed by atoms with Crippen molar-refractivity contribution in [1.29, 1.82) is 0 Å². The third kappa shape index (κ3) is 10.8. The third-order valence-electron chi connectivity index (χ3n) is 5.26. The van der Waals surface area contributed by atoms with E-state index in [2.05, 4.69) is 27.7 Å². The highest BCUT2D eigenvalue weighted by atomic mass is 16.8. The summed E-state index contributed by atoms with van der Waals surface area (Å²) in [6, 6.07) is 0. The van der Waals surface area contributed by atoms with Gasteiger partial charge in [-0.05, 0) is 56.8 Å². The SMILES string of the molecule is CCCCC(CC)COC(=O)OC1CCCCC1OC(=O)OCCCC(C)C. The van der Waals surface area contributed by atoms with E-state index < -0.39 is 24.5 Å². The Kier molecular flexibility index (Phi) is 12.8. The molecule has 1 fully saturated rings. The lowest BCUT2D eigenvalue weighted by Gasteiger charge is -2.30. The van der Waals surface area contributed by atoms with Crippen molar-refractivity contribution in [3.8, 4) is 0 Å². The van der Waals surface area contributed by atoms with Crippen molar-refractivity contribution < 1.29 is 28.5 Å². The predicted octanol–water partition coefficient (Wildman–Crippen LogP) is 6.26. The first-order valence-corrected chi connectivity index (χ1v) is 11.1. The molecule has 0 radical (unpaired) electrons. The molecule has 6 nitrogen and oxygen atoms in total. The molecule has 0 saturated heterocycles. The minimum atomic E-state index is -0.678. The third-order valence-corrected chi connectivity index (χ3v) is 5.26. The van der Waals surface area contributed by atoms with Gasteiger partial charge in [0.2, 0.25) is 0 Å². The monoisotopic (exact) mass is 400 g/mol. The van der Waals surface area contributed by atoms with Crippen LogP contribution in [0.4, 0.5) is 9.59 Å². The lowest BCUT2D eigenvalue weighted by atomic mass is 9.95. The molecule has 3 atom stereocenters. The normalized spacial score (nSPS) is 20.5. The second kappa shape index (κ2) is 14.5. The highest BCUT2D eigenvalue weighted by Crippen LogP contribution is 2.25. The maximum atomic E-state index is 12.1. The smallest absolute Gasteiger partial charge is 0.434 e. The molecule has 0 bridgehead atoms. The van der Waals surface area contributed by atoms with Gasteiger partial charge in [0.25, 0.3) is 0 Å². The maximum Gasteiger partial charge on any atom is 0.508 e. The predicted molar refractivity (Wildman–Crippen MR) is 108 cm³/mol. The van der Waals surface area contributed by atoms with Crippen LogP contribution in [0.3, 0.4) is 0 Å². The zero-order valence-electron chi connectivity index (χ0n) is 18.2. The zero-order chi connectivity index (χ0) is 20.8. The lowest BCUT2D eigenvalue weighted by molar-refractivity contribution is -0.0730. The van der Waals surface area contributed by atoms with Gasteiger partial charge in [-0.2, -0.15) is 0 Å². The average Bonchev–Trinajstić information content (AvgIpc) is 2.67. The van der Waals surface area contributed by atoms with Gasteiger partial charge in [0.1, 0.15) is 12.2 Å². The zero-order valence-corrected chi connectivity index (χ0v) is 18.2. The van der Waals surface area contributed by atoms with Gasteiger partial charge in [0.15, 0.2) is 0 Å². The molecule has 28 heavy (non-hydrogen) atoms. The number of rotatable bonds is 12. The number of carbonyl (C=O) groups is 2. The van der Waals surface area contributed by atoms with E-state index in [1.54, 1.807) is 0 Å². The van der Waals surface area contributed by atoms with Crippen LogP contribution in [0.1, 0.15) is 91.9 Å². The summed E-state index contributed by atoms with van der Waals surface area (Å²) in [5.74, 6) is 0.947. The first kappa shape index (κ1) is 24.6. The van der Waals surface area contributed by atoms with Crippen LogP contribution in [0.5, 0.6) is 0 Å². The van der Waals surface area contributed by atoms with Crippen LogP contribution < -0.4 is 0 Å². The Balaban J connectivity index is 2.36. The molecule has 0 aromatic rings. The molecule has 0 N–H and O–H groups in total. The van der Waals surface area contributed by atoms with Crippen LogP contribution in [0.25, 0.3) is 0 Å². The molecule has 1 aliphatic rings. The standard InChI is InChI=1S/C22H40O6/c1-5-7-12-18(6-2)16-26-22(24)28-20-14-9-8-13-19(20)27-21(23)25-15-10-11-17(3)4/h17-20H,5-16H2,1-4H3. The minimum absolute atomic E-state index is 0.355. The average molecular weight is 401 g/mol. The molecular formula is C22H40O6. The quantitative estimate of drug-likeness (QED) is 0.284. The van der Waals surface area contributed by atoms with Crippen molar-refractivity contribution in [2.24, 2.45) is 11.8 Å². The minimum Gasteiger partial charge on any atom is -0.434 e. The van der Waals surface area contributed by atoms with Crippen LogP contribution in [-0.2, 0) is 18.9 Å². The molecule has 0 aromatic carbocycles. The van der Waals surface area contributed by atoms with Gasteiger partial charge in [-0.25, -0.2) is 9.59 Å². The fourth-order valence-electron chi connectivity index (χ4n) is 3.38. The summed E-state index contributed by atoms with van der Waals surface area (Å²) in [4.78, 5) is 24.0. The van der Waals surface area contributed by atoms with Gasteiger partial charge >= 0.3 is 12.3 Å². The van der Waals surface area contributed by atoms with Gasteiger partial charge in [0, 0.05) is 0 Å². The molecule has 3 unspecified atom stereocenters. The van der Waals surface area contributed by atoms with Gasteiger partial charge < -0.3 is 18.9 Å². The maximum absolute atomic E-state index is 12.1. The fourth-order valence-corrected chi connectivity index (χ4v) is 3.38. The summed E-state index contributed by atoms with van der Waals surface area (Å²) >= 11 is 0. The molecule has 0 aromatic heterocycles. The summed E-state index contributed by atoms with van der Waals surface area (Å²) in [6.45, 7) is 9.26. The summed E-state index contributed by atoms with van der Waals surface area (Å²) < 4.78 is 21.3. The first-order valence-electron chi connectivity index (χ1n) is 11.1. The molecule has 1 saturated carbocycles. The molecular weight excluding hydrogens is 360 g/mol. The molecule has 1 rings (SSSR count). The Morgan fingerprint density at radius 1 is 0.893 bits per heavy atom. The highest BCUT2D eigenvalue weighted by Gasteiger charge is 2.32. The topological polar surface area (TPSA) is 71.1 Å². The van der Waals surface area contributed by atoms with Crippen LogP contribution in [-0.4, -0.2) is 37.7 Å². The fraction of sp³-hybridized carbons (Fsp3) is 0.909. The van der Waals surface area contributed by atoms with Gasteiger partial charge in [-0.15, -0.1) is 0 Å². The van der Waals surface area contributed by atoms with E-state index in [0.717, 1.165) is 51.4 Å². The van der Waals surface area contributed by atoms with E-state index in [1.807, 2.05) is 0 Å². The van der Waals surface area contributed by atoms with Crippen molar-refractivity contribution in [3.05, 3.63) is 0 Å². The molecule has 1 aliphatic carbocycles. The van der Waals surface area contributed by atoms with Crippen LogP contribution in [0, 0.1) is 11.8 Å². The Bertz CT molecular complexity index is 437. The van der Waals surface area contributed by atoms with Crippen molar-refractivity contribution in [2.75, 3.05) is 13.2 Å². The van der Waals surface area contributed by atoms with Crippen molar-refractivity contribution in [1.82, 2.24) is 0 Å². The Hall–Kier alpha value is -1.46. The van der Waals surface area contributed by atoms with E-state index in [9.17, 15) is 9.59 Å². The van der Waals surface area contributed by atoms with Gasteiger partial charge in [0.05, 0.1) is 13.2 Å². The molecule has 164 valence electrons. The second-order valence-corrected chi connectivity index (χ2v) is 8.21.